The monoisotopic (exact) mass is 217 g/mol. The second kappa shape index (κ2) is 4.50. The fraction of sp³-hybridized carbons (Fsp3) is 0.500. The Hall–Kier alpha value is -1.60. The van der Waals surface area contributed by atoms with Gasteiger partial charge in [0.25, 0.3) is 0 Å². The van der Waals surface area contributed by atoms with Crippen LogP contribution in [0.5, 0.6) is 0 Å². The number of nitriles is 1. The van der Waals surface area contributed by atoms with Crippen LogP contribution in [0.4, 0.5) is 5.69 Å². The third kappa shape index (κ3) is 2.15. The summed E-state index contributed by atoms with van der Waals surface area (Å²) < 4.78 is 0. The van der Waals surface area contributed by atoms with Gasteiger partial charge in [0.05, 0.1) is 6.10 Å². The van der Waals surface area contributed by atoms with Gasteiger partial charge in [-0.05, 0) is 24.5 Å². The molecule has 1 saturated heterocycles. The molecule has 2 rings (SSSR count). The second-order valence-electron chi connectivity index (χ2n) is 4.29. The van der Waals surface area contributed by atoms with E-state index < -0.39 is 0 Å². The summed E-state index contributed by atoms with van der Waals surface area (Å²) in [6, 6.07) is 5.67. The van der Waals surface area contributed by atoms with E-state index in [9.17, 15) is 5.11 Å². The van der Waals surface area contributed by atoms with E-state index >= 15 is 0 Å². The smallest absolute Gasteiger partial charge is 0.142 e. The molecular formula is C12H15N3O. The molecular weight excluding hydrogens is 202 g/mol. The predicted molar refractivity (Wildman–Crippen MR) is 61.0 cm³/mol. The molecule has 1 aliphatic heterocycles. The first kappa shape index (κ1) is 10.9. The molecule has 0 bridgehead atoms. The van der Waals surface area contributed by atoms with Crippen LogP contribution < -0.4 is 4.90 Å². The maximum absolute atomic E-state index is 9.81. The highest BCUT2D eigenvalue weighted by molar-refractivity contribution is 5.49. The van der Waals surface area contributed by atoms with Crippen LogP contribution in [0.15, 0.2) is 18.3 Å². The van der Waals surface area contributed by atoms with E-state index in [0.29, 0.717) is 18.2 Å². The Balaban J connectivity index is 2.16. The first-order chi connectivity index (χ1) is 7.70. The van der Waals surface area contributed by atoms with Crippen molar-refractivity contribution in [2.45, 2.75) is 19.4 Å². The van der Waals surface area contributed by atoms with Gasteiger partial charge in [-0.3, -0.25) is 0 Å². The van der Waals surface area contributed by atoms with Crippen molar-refractivity contribution >= 4 is 5.69 Å². The summed E-state index contributed by atoms with van der Waals surface area (Å²) >= 11 is 0. The Morgan fingerprint density at radius 3 is 3.12 bits per heavy atom. The fourth-order valence-electron chi connectivity index (χ4n) is 1.96. The van der Waals surface area contributed by atoms with E-state index in [1.54, 1.807) is 12.3 Å². The summed E-state index contributed by atoms with van der Waals surface area (Å²) in [5, 5.41) is 18.6. The number of aromatic nitrogens is 1. The van der Waals surface area contributed by atoms with Gasteiger partial charge in [-0.2, -0.15) is 5.26 Å². The van der Waals surface area contributed by atoms with Crippen LogP contribution in [-0.4, -0.2) is 29.3 Å². The number of anilines is 1. The molecule has 1 fully saturated rings. The second-order valence-corrected chi connectivity index (χ2v) is 4.29. The van der Waals surface area contributed by atoms with E-state index in [1.807, 2.05) is 12.1 Å². The highest BCUT2D eigenvalue weighted by Crippen LogP contribution is 2.23. The first-order valence-electron chi connectivity index (χ1n) is 5.50. The molecule has 1 aromatic rings. The predicted octanol–water partition coefficient (Wildman–Crippen LogP) is 1.16. The lowest BCUT2D eigenvalue weighted by Crippen LogP contribution is -2.42. The molecule has 1 N–H and O–H groups in total. The van der Waals surface area contributed by atoms with Gasteiger partial charge >= 0.3 is 0 Å². The molecule has 1 aliphatic rings. The van der Waals surface area contributed by atoms with Crippen molar-refractivity contribution in [2.24, 2.45) is 5.92 Å². The lowest BCUT2D eigenvalue weighted by molar-refractivity contribution is 0.103. The molecule has 2 atom stereocenters. The Bertz CT molecular complexity index is 413. The molecule has 0 amide bonds. The van der Waals surface area contributed by atoms with Crippen LogP contribution in [0.3, 0.4) is 0 Å². The number of aliphatic hydroxyl groups excluding tert-OH is 1. The number of nitrogens with zero attached hydrogens (tertiary/aromatic N) is 3. The average molecular weight is 217 g/mol. The van der Waals surface area contributed by atoms with Crippen molar-refractivity contribution in [1.82, 2.24) is 4.98 Å². The van der Waals surface area contributed by atoms with Gasteiger partial charge in [0, 0.05) is 25.0 Å². The summed E-state index contributed by atoms with van der Waals surface area (Å²) in [5.41, 5.74) is 1.39. The SMILES string of the molecule is CC1CCN(c2ccnc(C#N)c2)CC1O. The average Bonchev–Trinajstić information content (AvgIpc) is 2.33. The van der Waals surface area contributed by atoms with Gasteiger partial charge in [-0.25, -0.2) is 4.98 Å². The summed E-state index contributed by atoms with van der Waals surface area (Å²) in [6.45, 7) is 3.62. The van der Waals surface area contributed by atoms with Crippen molar-refractivity contribution in [3.05, 3.63) is 24.0 Å². The van der Waals surface area contributed by atoms with E-state index in [1.165, 1.54) is 0 Å². The van der Waals surface area contributed by atoms with Crippen LogP contribution in [0.2, 0.25) is 0 Å². The van der Waals surface area contributed by atoms with Gasteiger partial charge in [0.1, 0.15) is 11.8 Å². The van der Waals surface area contributed by atoms with Crippen LogP contribution in [-0.2, 0) is 0 Å². The standard InChI is InChI=1S/C12H15N3O/c1-9-3-5-15(8-12(9)16)11-2-4-14-10(6-11)7-13/h2,4,6,9,12,16H,3,5,8H2,1H3. The molecule has 2 unspecified atom stereocenters. The zero-order chi connectivity index (χ0) is 11.5. The number of hydrogen-bond donors (Lipinski definition) is 1. The van der Waals surface area contributed by atoms with Crippen LogP contribution >= 0.6 is 0 Å². The molecule has 0 saturated carbocycles. The van der Waals surface area contributed by atoms with Gasteiger partial charge in [0.15, 0.2) is 0 Å². The third-order valence-corrected chi connectivity index (χ3v) is 3.14. The highest BCUT2D eigenvalue weighted by atomic mass is 16.3. The largest absolute Gasteiger partial charge is 0.391 e. The molecule has 4 heteroatoms. The molecule has 0 spiro atoms. The van der Waals surface area contributed by atoms with Crippen molar-refractivity contribution in [3.8, 4) is 6.07 Å². The van der Waals surface area contributed by atoms with Crippen molar-refractivity contribution in [3.63, 3.8) is 0 Å². The van der Waals surface area contributed by atoms with Crippen molar-refractivity contribution < 1.29 is 5.11 Å². The highest BCUT2D eigenvalue weighted by Gasteiger charge is 2.24. The van der Waals surface area contributed by atoms with Gasteiger partial charge < -0.3 is 10.0 Å². The third-order valence-electron chi connectivity index (χ3n) is 3.14. The maximum atomic E-state index is 9.81. The fourth-order valence-corrected chi connectivity index (χ4v) is 1.96. The minimum Gasteiger partial charge on any atom is -0.391 e. The molecule has 0 aromatic carbocycles. The number of pyridine rings is 1. The Morgan fingerprint density at radius 1 is 1.62 bits per heavy atom. The summed E-state index contributed by atoms with van der Waals surface area (Å²) in [7, 11) is 0. The summed E-state index contributed by atoms with van der Waals surface area (Å²) in [6.07, 6.45) is 2.33. The Morgan fingerprint density at radius 2 is 2.44 bits per heavy atom. The quantitative estimate of drug-likeness (QED) is 0.766. The van der Waals surface area contributed by atoms with Crippen molar-refractivity contribution in [2.75, 3.05) is 18.0 Å². The minimum absolute atomic E-state index is 0.285. The number of aliphatic hydroxyl groups is 1. The van der Waals surface area contributed by atoms with Crippen LogP contribution in [0.1, 0.15) is 19.0 Å². The van der Waals surface area contributed by atoms with Gasteiger partial charge in [-0.15, -0.1) is 0 Å². The molecule has 16 heavy (non-hydrogen) atoms. The topological polar surface area (TPSA) is 60.2 Å². The molecule has 2 heterocycles. The molecule has 1 aromatic heterocycles. The van der Waals surface area contributed by atoms with Crippen LogP contribution in [0, 0.1) is 17.2 Å². The summed E-state index contributed by atoms with van der Waals surface area (Å²) in [5.74, 6) is 0.355. The first-order valence-corrected chi connectivity index (χ1v) is 5.50. The number of rotatable bonds is 1. The van der Waals surface area contributed by atoms with E-state index in [-0.39, 0.29) is 6.10 Å². The van der Waals surface area contributed by atoms with Crippen molar-refractivity contribution in [1.29, 1.82) is 5.26 Å². The molecule has 4 nitrogen and oxygen atoms in total. The minimum atomic E-state index is -0.285. The normalized spacial score (nSPS) is 25.2. The van der Waals surface area contributed by atoms with E-state index in [2.05, 4.69) is 16.8 Å². The summed E-state index contributed by atoms with van der Waals surface area (Å²) in [4.78, 5) is 6.04. The van der Waals surface area contributed by atoms with Gasteiger partial charge in [-0.1, -0.05) is 6.92 Å². The molecule has 0 aliphatic carbocycles. The zero-order valence-corrected chi connectivity index (χ0v) is 9.30. The number of β-amino-alcohol motifs (C(OH)–C–C–N with tert-alkyl or cyclic N) is 1. The maximum Gasteiger partial charge on any atom is 0.142 e. The Labute approximate surface area is 95.1 Å². The van der Waals surface area contributed by atoms with Crippen LogP contribution in [0.25, 0.3) is 0 Å². The molecule has 84 valence electrons. The van der Waals surface area contributed by atoms with E-state index in [0.717, 1.165) is 18.7 Å². The number of piperidine rings is 1. The van der Waals surface area contributed by atoms with E-state index in [4.69, 9.17) is 5.26 Å². The Kier molecular flexibility index (Phi) is 3.07. The zero-order valence-electron chi connectivity index (χ0n) is 9.30. The molecule has 0 radical (unpaired) electrons. The van der Waals surface area contributed by atoms with Gasteiger partial charge in [0.2, 0.25) is 0 Å². The lowest BCUT2D eigenvalue weighted by Gasteiger charge is -2.35. The number of hydrogen-bond acceptors (Lipinski definition) is 4. The lowest BCUT2D eigenvalue weighted by atomic mass is 9.96.